The summed E-state index contributed by atoms with van der Waals surface area (Å²) in [5.74, 6) is -0.177. The van der Waals surface area contributed by atoms with Gasteiger partial charge in [-0.05, 0) is 36.6 Å². The predicted molar refractivity (Wildman–Crippen MR) is 58.6 cm³/mol. The Kier molecular flexibility index (Phi) is 4.16. The molecule has 0 saturated carbocycles. The van der Waals surface area contributed by atoms with Gasteiger partial charge < -0.3 is 0 Å². The van der Waals surface area contributed by atoms with E-state index in [9.17, 15) is 4.39 Å². The van der Waals surface area contributed by atoms with Crippen molar-refractivity contribution in [3.63, 3.8) is 0 Å². The number of aryl methyl sites for hydroxylation is 1. The van der Waals surface area contributed by atoms with Gasteiger partial charge in [0.05, 0.1) is 0 Å². The van der Waals surface area contributed by atoms with Crippen LogP contribution < -0.4 is 0 Å². The summed E-state index contributed by atoms with van der Waals surface area (Å²) in [4.78, 5) is 0. The van der Waals surface area contributed by atoms with Crippen LogP contribution in [0.15, 0.2) is 24.3 Å². The Morgan fingerprint density at radius 3 is 2.92 bits per heavy atom. The van der Waals surface area contributed by atoms with Gasteiger partial charge in [0.15, 0.2) is 0 Å². The molecule has 0 heterocycles. The Bertz CT molecular complexity index is 305. The lowest BCUT2D eigenvalue weighted by Crippen LogP contribution is -1.82. The molecule has 0 amide bonds. The van der Waals surface area contributed by atoms with Crippen molar-refractivity contribution in [3.05, 3.63) is 41.2 Å². The summed E-state index contributed by atoms with van der Waals surface area (Å²) in [6.07, 6.45) is 4.96. The van der Waals surface area contributed by atoms with E-state index in [1.54, 1.807) is 12.1 Å². The highest BCUT2D eigenvalue weighted by molar-refractivity contribution is 9.09. The van der Waals surface area contributed by atoms with Gasteiger partial charge in [-0.3, -0.25) is 0 Å². The molecule has 0 bridgehead atoms. The van der Waals surface area contributed by atoms with Crippen LogP contribution in [0, 0.1) is 12.7 Å². The molecular formula is C11H12BrF. The van der Waals surface area contributed by atoms with Crippen molar-refractivity contribution in [1.29, 1.82) is 0 Å². The standard InChI is InChI=1S/C11H12BrF/c1-9-5-6-11(13)8-10(9)4-2-3-7-12/h2,4-6,8H,3,7H2,1H3/b4-2+. The lowest BCUT2D eigenvalue weighted by atomic mass is 10.1. The van der Waals surface area contributed by atoms with Gasteiger partial charge >= 0.3 is 0 Å². The Morgan fingerprint density at radius 2 is 2.23 bits per heavy atom. The van der Waals surface area contributed by atoms with Crippen LogP contribution in [0.2, 0.25) is 0 Å². The maximum absolute atomic E-state index is 12.8. The predicted octanol–water partition coefficient (Wildman–Crippen LogP) is 3.93. The van der Waals surface area contributed by atoms with Crippen molar-refractivity contribution in [2.45, 2.75) is 13.3 Å². The molecule has 2 heteroatoms. The summed E-state index contributed by atoms with van der Waals surface area (Å²) in [5, 5.41) is 0.942. The zero-order valence-electron chi connectivity index (χ0n) is 7.56. The normalized spacial score (nSPS) is 11.0. The van der Waals surface area contributed by atoms with Crippen molar-refractivity contribution in [2.75, 3.05) is 5.33 Å². The molecule has 0 aliphatic heterocycles. The summed E-state index contributed by atoms with van der Waals surface area (Å²) in [6.45, 7) is 1.98. The first-order chi connectivity index (χ1) is 6.24. The third-order valence-electron chi connectivity index (χ3n) is 1.81. The molecule has 0 radical (unpaired) electrons. The van der Waals surface area contributed by atoms with Crippen LogP contribution in [0.5, 0.6) is 0 Å². The van der Waals surface area contributed by atoms with Crippen molar-refractivity contribution in [2.24, 2.45) is 0 Å². The van der Waals surface area contributed by atoms with E-state index >= 15 is 0 Å². The molecular weight excluding hydrogens is 231 g/mol. The second-order valence-corrected chi connectivity index (χ2v) is 3.67. The first-order valence-electron chi connectivity index (χ1n) is 4.22. The smallest absolute Gasteiger partial charge is 0.123 e. The van der Waals surface area contributed by atoms with Gasteiger partial charge in [-0.25, -0.2) is 4.39 Å². The topological polar surface area (TPSA) is 0 Å². The largest absolute Gasteiger partial charge is 0.207 e. The highest BCUT2D eigenvalue weighted by Gasteiger charge is 1.95. The molecule has 0 fully saturated rings. The molecule has 0 aliphatic rings. The fourth-order valence-corrected chi connectivity index (χ4v) is 1.33. The fraction of sp³-hybridized carbons (Fsp3) is 0.273. The number of hydrogen-bond donors (Lipinski definition) is 0. The van der Waals surface area contributed by atoms with E-state index in [-0.39, 0.29) is 5.82 Å². The molecule has 0 spiro atoms. The van der Waals surface area contributed by atoms with Crippen molar-refractivity contribution < 1.29 is 4.39 Å². The maximum Gasteiger partial charge on any atom is 0.123 e. The number of benzene rings is 1. The van der Waals surface area contributed by atoms with Crippen LogP contribution in [0.1, 0.15) is 17.5 Å². The van der Waals surface area contributed by atoms with Crippen LogP contribution in [0.4, 0.5) is 4.39 Å². The second kappa shape index (κ2) is 5.18. The molecule has 0 aromatic heterocycles. The van der Waals surface area contributed by atoms with E-state index in [0.29, 0.717) is 0 Å². The van der Waals surface area contributed by atoms with E-state index in [1.165, 1.54) is 6.07 Å². The minimum Gasteiger partial charge on any atom is -0.207 e. The van der Waals surface area contributed by atoms with E-state index in [2.05, 4.69) is 15.9 Å². The quantitative estimate of drug-likeness (QED) is 0.705. The Morgan fingerprint density at radius 1 is 1.46 bits per heavy atom. The summed E-state index contributed by atoms with van der Waals surface area (Å²) >= 11 is 3.33. The Hall–Kier alpha value is -0.630. The molecule has 0 N–H and O–H groups in total. The number of allylic oxidation sites excluding steroid dienone is 1. The molecule has 0 atom stereocenters. The number of rotatable bonds is 3. The third kappa shape index (κ3) is 3.31. The third-order valence-corrected chi connectivity index (χ3v) is 2.27. The molecule has 13 heavy (non-hydrogen) atoms. The van der Waals surface area contributed by atoms with Gasteiger partial charge in [-0.2, -0.15) is 0 Å². The molecule has 0 nitrogen and oxygen atoms in total. The average Bonchev–Trinajstić information content (AvgIpc) is 2.11. The molecule has 0 saturated heterocycles. The zero-order chi connectivity index (χ0) is 9.68. The lowest BCUT2D eigenvalue weighted by molar-refractivity contribution is 0.627. The van der Waals surface area contributed by atoms with E-state index in [4.69, 9.17) is 0 Å². The van der Waals surface area contributed by atoms with Gasteiger partial charge in [0, 0.05) is 5.33 Å². The first kappa shape index (κ1) is 10.5. The molecule has 1 aromatic rings. The average molecular weight is 243 g/mol. The van der Waals surface area contributed by atoms with Crippen LogP contribution in [0.3, 0.4) is 0 Å². The minimum absolute atomic E-state index is 0.177. The number of halogens is 2. The number of hydrogen-bond acceptors (Lipinski definition) is 0. The summed E-state index contributed by atoms with van der Waals surface area (Å²) < 4.78 is 12.8. The van der Waals surface area contributed by atoms with Gasteiger partial charge in [0.25, 0.3) is 0 Å². The monoisotopic (exact) mass is 242 g/mol. The van der Waals surface area contributed by atoms with E-state index in [0.717, 1.165) is 22.9 Å². The molecule has 1 rings (SSSR count). The Labute approximate surface area is 86.6 Å². The van der Waals surface area contributed by atoms with Gasteiger partial charge in [-0.15, -0.1) is 0 Å². The maximum atomic E-state index is 12.8. The van der Waals surface area contributed by atoms with Gasteiger partial charge in [0.2, 0.25) is 0 Å². The van der Waals surface area contributed by atoms with Gasteiger partial charge in [-0.1, -0.05) is 34.1 Å². The van der Waals surface area contributed by atoms with E-state index in [1.807, 2.05) is 19.1 Å². The molecule has 0 unspecified atom stereocenters. The minimum atomic E-state index is -0.177. The summed E-state index contributed by atoms with van der Waals surface area (Å²) in [7, 11) is 0. The van der Waals surface area contributed by atoms with Crippen LogP contribution in [-0.2, 0) is 0 Å². The van der Waals surface area contributed by atoms with E-state index < -0.39 is 0 Å². The lowest BCUT2D eigenvalue weighted by Gasteiger charge is -1.99. The summed E-state index contributed by atoms with van der Waals surface area (Å²) in [5.41, 5.74) is 2.06. The molecule has 1 aromatic carbocycles. The van der Waals surface area contributed by atoms with Crippen LogP contribution >= 0.6 is 15.9 Å². The SMILES string of the molecule is Cc1ccc(F)cc1/C=C/CCBr. The second-order valence-electron chi connectivity index (χ2n) is 2.88. The zero-order valence-corrected chi connectivity index (χ0v) is 9.14. The Balaban J connectivity index is 2.81. The molecule has 70 valence electrons. The van der Waals surface area contributed by atoms with Crippen LogP contribution in [0.25, 0.3) is 6.08 Å². The highest BCUT2D eigenvalue weighted by atomic mass is 79.9. The van der Waals surface area contributed by atoms with Crippen molar-refractivity contribution in [3.8, 4) is 0 Å². The first-order valence-corrected chi connectivity index (χ1v) is 5.35. The fourth-order valence-electron chi connectivity index (χ4n) is 1.06. The van der Waals surface area contributed by atoms with Crippen molar-refractivity contribution in [1.82, 2.24) is 0 Å². The van der Waals surface area contributed by atoms with Crippen LogP contribution in [-0.4, -0.2) is 5.33 Å². The summed E-state index contributed by atoms with van der Waals surface area (Å²) in [6, 6.07) is 4.83. The van der Waals surface area contributed by atoms with Gasteiger partial charge in [0.1, 0.15) is 5.82 Å². The van der Waals surface area contributed by atoms with Crippen molar-refractivity contribution >= 4 is 22.0 Å². The highest BCUT2D eigenvalue weighted by Crippen LogP contribution is 2.12. The number of alkyl halides is 1. The molecule has 0 aliphatic carbocycles.